The van der Waals surface area contributed by atoms with Gasteiger partial charge >= 0.3 is 0 Å². The summed E-state index contributed by atoms with van der Waals surface area (Å²) in [6.45, 7) is 5.53. The number of carbonyl (C=O) groups excluding carboxylic acids is 2. The van der Waals surface area contributed by atoms with Gasteiger partial charge in [-0.25, -0.2) is 13.1 Å². The molecule has 1 aliphatic rings. The average molecular weight is 553 g/mol. The zero-order chi connectivity index (χ0) is 27.5. The first-order valence-electron chi connectivity index (χ1n) is 12.3. The van der Waals surface area contributed by atoms with Gasteiger partial charge in [-0.05, 0) is 43.2 Å². The largest absolute Gasteiger partial charge is 0.342 e. The van der Waals surface area contributed by atoms with Gasteiger partial charge in [0.2, 0.25) is 15.9 Å². The lowest BCUT2D eigenvalue weighted by atomic mass is 10.0. The van der Waals surface area contributed by atoms with Crippen LogP contribution in [0, 0.1) is 0 Å². The number of amides is 2. The summed E-state index contributed by atoms with van der Waals surface area (Å²) in [4.78, 5) is 29.1. The molecule has 8 nitrogen and oxygen atoms in total. The maximum atomic E-state index is 13.7. The standard InChI is InChI=1S/C28H32N4O4S2/c1-4-30-38(35,36)25-12-8-5-9-21(25)20-15-13-19(14-16-20)17-32-23-10-6-7-11-24(23)37-18-22(26(32)33)31-27(34)28(2,3)29/h5-16,22,30H,4,17-18,29H2,1-3H3,(H,31,34)/t22-/m1/s1. The van der Waals surface area contributed by atoms with Crippen LogP contribution in [0.15, 0.2) is 82.6 Å². The maximum absolute atomic E-state index is 13.7. The summed E-state index contributed by atoms with van der Waals surface area (Å²) < 4.78 is 28.0. The smallest absolute Gasteiger partial charge is 0.250 e. The lowest BCUT2D eigenvalue weighted by molar-refractivity contribution is -0.129. The van der Waals surface area contributed by atoms with Crippen molar-refractivity contribution in [3.05, 3.63) is 78.4 Å². The Bertz CT molecular complexity index is 1430. The number of benzene rings is 3. The predicted octanol–water partition coefficient (Wildman–Crippen LogP) is 3.51. The topological polar surface area (TPSA) is 122 Å². The van der Waals surface area contributed by atoms with Crippen LogP contribution in [0.1, 0.15) is 26.3 Å². The van der Waals surface area contributed by atoms with E-state index in [4.69, 9.17) is 5.73 Å². The molecule has 0 radical (unpaired) electrons. The Morgan fingerprint density at radius 2 is 1.71 bits per heavy atom. The van der Waals surface area contributed by atoms with Crippen LogP contribution in [0.5, 0.6) is 0 Å². The first-order chi connectivity index (χ1) is 18.0. The number of hydrogen-bond donors (Lipinski definition) is 3. The number of hydrogen-bond acceptors (Lipinski definition) is 6. The zero-order valence-corrected chi connectivity index (χ0v) is 23.2. The molecule has 4 N–H and O–H groups in total. The second-order valence-electron chi connectivity index (χ2n) is 9.65. The Hall–Kier alpha value is -3.18. The summed E-state index contributed by atoms with van der Waals surface area (Å²) in [5.74, 6) is -0.214. The van der Waals surface area contributed by atoms with Crippen molar-refractivity contribution in [2.45, 2.75) is 48.7 Å². The van der Waals surface area contributed by atoms with Crippen molar-refractivity contribution in [2.24, 2.45) is 5.73 Å². The molecule has 0 aromatic heterocycles. The van der Waals surface area contributed by atoms with Crippen LogP contribution in [0.4, 0.5) is 5.69 Å². The molecule has 38 heavy (non-hydrogen) atoms. The highest BCUT2D eigenvalue weighted by Crippen LogP contribution is 2.35. The Labute approximate surface area is 228 Å². The third kappa shape index (κ3) is 6.10. The molecule has 0 bridgehead atoms. The number of sulfonamides is 1. The first-order valence-corrected chi connectivity index (χ1v) is 14.8. The highest BCUT2D eigenvalue weighted by molar-refractivity contribution is 7.99. The maximum Gasteiger partial charge on any atom is 0.250 e. The molecule has 1 heterocycles. The van der Waals surface area contributed by atoms with Crippen molar-refractivity contribution in [3.63, 3.8) is 0 Å². The van der Waals surface area contributed by atoms with Gasteiger partial charge in [-0.1, -0.05) is 61.5 Å². The van der Waals surface area contributed by atoms with Crippen molar-refractivity contribution in [1.29, 1.82) is 0 Å². The van der Waals surface area contributed by atoms with E-state index >= 15 is 0 Å². The van der Waals surface area contributed by atoms with Crippen LogP contribution in [-0.4, -0.2) is 44.1 Å². The molecule has 1 aliphatic heterocycles. The summed E-state index contributed by atoms with van der Waals surface area (Å²) >= 11 is 1.51. The quantitative estimate of drug-likeness (QED) is 0.393. The molecule has 0 saturated carbocycles. The van der Waals surface area contributed by atoms with Gasteiger partial charge in [0.15, 0.2) is 0 Å². The van der Waals surface area contributed by atoms with E-state index in [0.717, 1.165) is 21.7 Å². The van der Waals surface area contributed by atoms with Gasteiger partial charge in [-0.2, -0.15) is 0 Å². The van der Waals surface area contributed by atoms with E-state index in [2.05, 4.69) is 10.0 Å². The normalized spacial score (nSPS) is 16.1. The molecular formula is C28H32N4O4S2. The van der Waals surface area contributed by atoms with Crippen molar-refractivity contribution >= 4 is 39.3 Å². The van der Waals surface area contributed by atoms with Crippen molar-refractivity contribution in [1.82, 2.24) is 10.0 Å². The van der Waals surface area contributed by atoms with E-state index in [1.807, 2.05) is 48.5 Å². The Kier molecular flexibility index (Phi) is 8.27. The molecule has 0 aliphatic carbocycles. The predicted molar refractivity (Wildman–Crippen MR) is 151 cm³/mol. The molecule has 0 spiro atoms. The summed E-state index contributed by atoms with van der Waals surface area (Å²) in [6, 6.07) is 21.3. The number of anilines is 1. The lowest BCUT2D eigenvalue weighted by Crippen LogP contribution is -2.56. The van der Waals surface area contributed by atoms with Crippen molar-refractivity contribution in [2.75, 3.05) is 17.2 Å². The molecule has 2 amide bonds. The third-order valence-electron chi connectivity index (χ3n) is 6.13. The molecule has 10 heteroatoms. The Balaban J connectivity index is 1.63. The molecule has 3 aromatic rings. The van der Waals surface area contributed by atoms with Crippen LogP contribution in [0.2, 0.25) is 0 Å². The van der Waals surface area contributed by atoms with Gasteiger partial charge in [0, 0.05) is 22.8 Å². The lowest BCUT2D eigenvalue weighted by Gasteiger charge is -2.28. The van der Waals surface area contributed by atoms with Gasteiger partial charge in [-0.3, -0.25) is 9.59 Å². The van der Waals surface area contributed by atoms with E-state index in [9.17, 15) is 18.0 Å². The van der Waals surface area contributed by atoms with E-state index in [0.29, 0.717) is 17.9 Å². The second-order valence-corrected chi connectivity index (χ2v) is 12.4. The van der Waals surface area contributed by atoms with Crippen LogP contribution in [0.3, 0.4) is 0 Å². The molecule has 200 valence electrons. The minimum absolute atomic E-state index is 0.213. The van der Waals surface area contributed by atoms with Gasteiger partial charge in [0.05, 0.1) is 22.7 Å². The molecule has 0 saturated heterocycles. The van der Waals surface area contributed by atoms with E-state index in [1.165, 1.54) is 11.8 Å². The van der Waals surface area contributed by atoms with Crippen LogP contribution in [0.25, 0.3) is 11.1 Å². The SMILES string of the molecule is CCNS(=O)(=O)c1ccccc1-c1ccc(CN2C(=O)[C@H](NC(=O)C(C)(C)N)CSc3ccccc32)cc1. The number of para-hydroxylation sites is 1. The number of fused-ring (bicyclic) bond motifs is 1. The molecule has 3 aromatic carbocycles. The van der Waals surface area contributed by atoms with E-state index < -0.39 is 27.5 Å². The second kappa shape index (κ2) is 11.3. The molecule has 4 rings (SSSR count). The van der Waals surface area contributed by atoms with E-state index in [1.54, 1.807) is 49.9 Å². The van der Waals surface area contributed by atoms with Crippen molar-refractivity contribution < 1.29 is 18.0 Å². The number of thioether (sulfide) groups is 1. The Morgan fingerprint density at radius 1 is 1.05 bits per heavy atom. The van der Waals surface area contributed by atoms with Crippen LogP contribution in [-0.2, 0) is 26.2 Å². The summed E-state index contributed by atoms with van der Waals surface area (Å²) in [5.41, 5.74) is 7.83. The number of nitrogens with two attached hydrogens (primary N) is 1. The fourth-order valence-corrected chi connectivity index (χ4v) is 6.49. The minimum atomic E-state index is -3.64. The fourth-order valence-electron chi connectivity index (χ4n) is 4.14. The number of rotatable bonds is 8. The third-order valence-corrected chi connectivity index (χ3v) is 8.89. The van der Waals surface area contributed by atoms with E-state index in [-0.39, 0.29) is 17.3 Å². The Morgan fingerprint density at radius 3 is 2.39 bits per heavy atom. The number of nitrogens with zero attached hydrogens (tertiary/aromatic N) is 1. The molecule has 1 atom stereocenters. The molecule has 0 unspecified atom stereocenters. The molecular weight excluding hydrogens is 520 g/mol. The summed E-state index contributed by atoms with van der Waals surface area (Å²) in [7, 11) is -3.64. The van der Waals surface area contributed by atoms with Gasteiger partial charge in [0.25, 0.3) is 5.91 Å². The van der Waals surface area contributed by atoms with Gasteiger partial charge in [0.1, 0.15) is 6.04 Å². The summed E-state index contributed by atoms with van der Waals surface area (Å²) in [6.07, 6.45) is 0. The molecule has 0 fully saturated rings. The number of carbonyl (C=O) groups is 2. The first kappa shape index (κ1) is 27.8. The van der Waals surface area contributed by atoms with Gasteiger partial charge in [-0.15, -0.1) is 11.8 Å². The fraction of sp³-hybridized carbons (Fsp3) is 0.286. The highest BCUT2D eigenvalue weighted by atomic mass is 32.2. The van der Waals surface area contributed by atoms with Crippen molar-refractivity contribution in [3.8, 4) is 11.1 Å². The summed E-state index contributed by atoms with van der Waals surface area (Å²) in [5, 5.41) is 2.82. The highest BCUT2D eigenvalue weighted by Gasteiger charge is 2.34. The monoisotopic (exact) mass is 552 g/mol. The zero-order valence-electron chi connectivity index (χ0n) is 21.6. The van der Waals surface area contributed by atoms with Crippen LogP contribution < -0.4 is 20.7 Å². The number of nitrogens with one attached hydrogen (secondary N) is 2. The van der Waals surface area contributed by atoms with Gasteiger partial charge < -0.3 is 16.0 Å². The van der Waals surface area contributed by atoms with Crippen LogP contribution >= 0.6 is 11.8 Å². The average Bonchev–Trinajstić information content (AvgIpc) is 3.01. The minimum Gasteiger partial charge on any atom is -0.342 e.